The second-order valence-electron chi connectivity index (χ2n) is 5.65. The summed E-state index contributed by atoms with van der Waals surface area (Å²) in [5, 5.41) is 6.62. The van der Waals surface area contributed by atoms with E-state index in [0.717, 1.165) is 16.7 Å². The molecule has 0 radical (unpaired) electrons. The Labute approximate surface area is 140 Å². The summed E-state index contributed by atoms with van der Waals surface area (Å²) < 4.78 is 5.58. The van der Waals surface area contributed by atoms with Crippen molar-refractivity contribution in [2.24, 2.45) is 0 Å². The maximum absolute atomic E-state index is 12.2. The van der Waals surface area contributed by atoms with Gasteiger partial charge in [-0.05, 0) is 50.2 Å². The van der Waals surface area contributed by atoms with Crippen LogP contribution in [-0.2, 0) is 0 Å². The number of para-hydroxylation sites is 1. The average molecular weight is 321 g/mol. The van der Waals surface area contributed by atoms with E-state index in [1.54, 1.807) is 18.3 Å². The van der Waals surface area contributed by atoms with Gasteiger partial charge < -0.3 is 15.4 Å². The summed E-state index contributed by atoms with van der Waals surface area (Å²) in [7, 11) is 0. The largest absolute Gasteiger partial charge is 0.491 e. The molecule has 0 saturated carbocycles. The number of urea groups is 1. The van der Waals surface area contributed by atoms with Crippen molar-refractivity contribution < 1.29 is 9.53 Å². The van der Waals surface area contributed by atoms with Gasteiger partial charge in [-0.2, -0.15) is 0 Å². The van der Waals surface area contributed by atoms with Crippen molar-refractivity contribution in [1.29, 1.82) is 0 Å². The van der Waals surface area contributed by atoms with Crippen LogP contribution in [0.2, 0.25) is 0 Å². The summed E-state index contributed by atoms with van der Waals surface area (Å²) in [4.78, 5) is 16.5. The molecule has 0 fully saturated rings. The van der Waals surface area contributed by atoms with Crippen LogP contribution in [-0.4, -0.2) is 17.1 Å². The number of rotatable bonds is 4. The third-order valence-corrected chi connectivity index (χ3v) is 3.36. The Morgan fingerprint density at radius 2 is 1.75 bits per heavy atom. The Balaban J connectivity index is 1.69. The van der Waals surface area contributed by atoms with E-state index in [9.17, 15) is 4.79 Å². The van der Waals surface area contributed by atoms with Crippen molar-refractivity contribution in [2.45, 2.75) is 20.0 Å². The molecule has 24 heavy (non-hydrogen) atoms. The molecular weight excluding hydrogens is 302 g/mol. The van der Waals surface area contributed by atoms with E-state index in [1.165, 1.54) is 0 Å². The Morgan fingerprint density at radius 3 is 2.50 bits per heavy atom. The predicted octanol–water partition coefficient (Wildman–Crippen LogP) is 4.67. The summed E-state index contributed by atoms with van der Waals surface area (Å²) in [5.41, 5.74) is 2.12. The highest BCUT2D eigenvalue weighted by Gasteiger charge is 2.07. The number of hydrogen-bond acceptors (Lipinski definition) is 3. The van der Waals surface area contributed by atoms with Crippen molar-refractivity contribution in [3.8, 4) is 5.75 Å². The van der Waals surface area contributed by atoms with E-state index in [2.05, 4.69) is 15.6 Å². The van der Waals surface area contributed by atoms with Gasteiger partial charge in [0.25, 0.3) is 0 Å². The first-order valence-electron chi connectivity index (χ1n) is 7.80. The number of carbonyl (C=O) groups excluding carboxylic acids is 1. The summed E-state index contributed by atoms with van der Waals surface area (Å²) >= 11 is 0. The topological polar surface area (TPSA) is 63.2 Å². The van der Waals surface area contributed by atoms with Crippen LogP contribution in [0.25, 0.3) is 10.9 Å². The smallest absolute Gasteiger partial charge is 0.323 e. The van der Waals surface area contributed by atoms with E-state index < -0.39 is 0 Å². The molecule has 0 atom stereocenters. The fourth-order valence-electron chi connectivity index (χ4n) is 2.38. The van der Waals surface area contributed by atoms with Crippen LogP contribution in [0.1, 0.15) is 13.8 Å². The molecule has 0 saturated heterocycles. The van der Waals surface area contributed by atoms with E-state index >= 15 is 0 Å². The standard InChI is InChI=1S/C19H19N3O2/c1-13(2)24-16-10-8-15(9-11-16)21-19(23)22-17-7-3-5-14-6-4-12-20-18(14)17/h3-13H,1-2H3,(H2,21,22,23). The quantitative estimate of drug-likeness (QED) is 0.734. The molecule has 5 nitrogen and oxygen atoms in total. The van der Waals surface area contributed by atoms with Crippen LogP contribution in [0.4, 0.5) is 16.2 Å². The minimum Gasteiger partial charge on any atom is -0.491 e. The maximum Gasteiger partial charge on any atom is 0.323 e. The zero-order chi connectivity index (χ0) is 16.9. The molecule has 3 rings (SSSR count). The number of carbonyl (C=O) groups is 1. The molecule has 0 aliphatic heterocycles. The highest BCUT2D eigenvalue weighted by molar-refractivity contribution is 6.04. The Kier molecular flexibility index (Phi) is 4.61. The molecule has 5 heteroatoms. The molecule has 2 N–H and O–H groups in total. The lowest BCUT2D eigenvalue weighted by Crippen LogP contribution is -2.19. The second-order valence-corrected chi connectivity index (χ2v) is 5.65. The molecule has 1 heterocycles. The van der Waals surface area contributed by atoms with E-state index in [-0.39, 0.29) is 12.1 Å². The van der Waals surface area contributed by atoms with Gasteiger partial charge in [0.2, 0.25) is 0 Å². The van der Waals surface area contributed by atoms with Crippen LogP contribution >= 0.6 is 0 Å². The first kappa shape index (κ1) is 15.8. The second kappa shape index (κ2) is 7.00. The van der Waals surface area contributed by atoms with Crippen molar-refractivity contribution in [1.82, 2.24) is 4.98 Å². The Morgan fingerprint density at radius 1 is 1.00 bits per heavy atom. The zero-order valence-electron chi connectivity index (χ0n) is 13.6. The van der Waals surface area contributed by atoms with Gasteiger partial charge in [-0.1, -0.05) is 18.2 Å². The average Bonchev–Trinajstić information content (AvgIpc) is 2.56. The molecule has 0 aliphatic carbocycles. The van der Waals surface area contributed by atoms with Crippen LogP contribution in [0.5, 0.6) is 5.75 Å². The number of benzene rings is 2. The first-order valence-corrected chi connectivity index (χ1v) is 7.80. The van der Waals surface area contributed by atoms with Crippen LogP contribution in [0, 0.1) is 0 Å². The fraction of sp³-hybridized carbons (Fsp3) is 0.158. The number of nitrogens with zero attached hydrogens (tertiary/aromatic N) is 1. The van der Waals surface area contributed by atoms with Crippen molar-refractivity contribution >= 4 is 28.3 Å². The minimum absolute atomic E-state index is 0.117. The van der Waals surface area contributed by atoms with Crippen molar-refractivity contribution in [3.63, 3.8) is 0 Å². The first-order chi connectivity index (χ1) is 11.6. The van der Waals surface area contributed by atoms with E-state index in [0.29, 0.717) is 11.4 Å². The highest BCUT2D eigenvalue weighted by Crippen LogP contribution is 2.21. The van der Waals surface area contributed by atoms with Crippen LogP contribution in [0.3, 0.4) is 0 Å². The Bertz CT molecular complexity index is 839. The van der Waals surface area contributed by atoms with Gasteiger partial charge in [0, 0.05) is 17.3 Å². The highest BCUT2D eigenvalue weighted by atomic mass is 16.5. The number of fused-ring (bicyclic) bond motifs is 1. The summed E-state index contributed by atoms with van der Waals surface area (Å²) in [6.45, 7) is 3.94. The molecular formula is C19H19N3O2. The van der Waals surface area contributed by atoms with E-state index in [1.807, 2.05) is 56.3 Å². The zero-order valence-corrected chi connectivity index (χ0v) is 13.6. The molecule has 0 bridgehead atoms. The van der Waals surface area contributed by atoms with E-state index in [4.69, 9.17) is 4.74 Å². The molecule has 0 aliphatic rings. The van der Waals surface area contributed by atoms with Crippen molar-refractivity contribution in [2.75, 3.05) is 10.6 Å². The Hall–Kier alpha value is -3.08. The molecule has 1 aromatic heterocycles. The summed E-state index contributed by atoms with van der Waals surface area (Å²) in [6.07, 6.45) is 1.82. The SMILES string of the molecule is CC(C)Oc1ccc(NC(=O)Nc2cccc3cccnc23)cc1. The normalized spacial score (nSPS) is 10.6. The van der Waals surface area contributed by atoms with Gasteiger partial charge >= 0.3 is 6.03 Å². The van der Waals surface area contributed by atoms with Gasteiger partial charge in [0.15, 0.2) is 0 Å². The predicted molar refractivity (Wildman–Crippen MR) is 96.6 cm³/mol. The molecule has 3 aromatic rings. The van der Waals surface area contributed by atoms with Gasteiger partial charge in [0.1, 0.15) is 5.75 Å². The lowest BCUT2D eigenvalue weighted by atomic mass is 10.2. The summed E-state index contributed by atoms with van der Waals surface area (Å²) in [6, 6.07) is 16.4. The third-order valence-electron chi connectivity index (χ3n) is 3.36. The monoisotopic (exact) mass is 321 g/mol. The summed E-state index contributed by atoms with van der Waals surface area (Å²) in [5.74, 6) is 0.772. The van der Waals surface area contributed by atoms with Crippen LogP contribution in [0.15, 0.2) is 60.8 Å². The lowest BCUT2D eigenvalue weighted by Gasteiger charge is -2.11. The van der Waals surface area contributed by atoms with Gasteiger partial charge in [-0.25, -0.2) is 4.79 Å². The lowest BCUT2D eigenvalue weighted by molar-refractivity contribution is 0.242. The van der Waals surface area contributed by atoms with Gasteiger partial charge in [-0.3, -0.25) is 4.98 Å². The van der Waals surface area contributed by atoms with Gasteiger partial charge in [0.05, 0.1) is 17.3 Å². The third kappa shape index (κ3) is 3.81. The molecule has 122 valence electrons. The molecule has 2 aromatic carbocycles. The molecule has 0 unspecified atom stereocenters. The molecule has 2 amide bonds. The van der Waals surface area contributed by atoms with Crippen molar-refractivity contribution in [3.05, 3.63) is 60.8 Å². The molecule has 0 spiro atoms. The van der Waals surface area contributed by atoms with Crippen LogP contribution < -0.4 is 15.4 Å². The fourth-order valence-corrected chi connectivity index (χ4v) is 2.38. The number of aromatic nitrogens is 1. The number of nitrogens with one attached hydrogen (secondary N) is 2. The number of pyridine rings is 1. The number of anilines is 2. The van der Waals surface area contributed by atoms with Gasteiger partial charge in [-0.15, -0.1) is 0 Å². The number of amides is 2. The minimum atomic E-state index is -0.314. The maximum atomic E-state index is 12.2. The number of hydrogen-bond donors (Lipinski definition) is 2. The number of ether oxygens (including phenoxy) is 1.